The smallest absolute Gasteiger partial charge is 0.141 e. The molecular formula is C14H21BrClNO. The molecule has 0 saturated heterocycles. The fourth-order valence-corrected chi connectivity index (χ4v) is 2.55. The summed E-state index contributed by atoms with van der Waals surface area (Å²) >= 11 is 9.61. The standard InChI is InChI=1S/C14H21BrClNO/c1-9-6-11(15)7-12(16)13(9)18-10(2)8-17-14(3,4)5/h6-7,10,17H,8H2,1-5H3. The lowest BCUT2D eigenvalue weighted by Crippen LogP contribution is -2.41. The van der Waals surface area contributed by atoms with Gasteiger partial charge in [-0.2, -0.15) is 0 Å². The van der Waals surface area contributed by atoms with Crippen molar-refractivity contribution in [3.05, 3.63) is 27.2 Å². The molecule has 102 valence electrons. The highest BCUT2D eigenvalue weighted by molar-refractivity contribution is 9.10. The predicted octanol–water partition coefficient (Wildman–Crippen LogP) is 4.57. The normalized spacial score (nSPS) is 13.5. The monoisotopic (exact) mass is 333 g/mol. The zero-order chi connectivity index (χ0) is 13.9. The van der Waals surface area contributed by atoms with Crippen molar-refractivity contribution in [1.29, 1.82) is 0 Å². The molecule has 1 atom stereocenters. The number of ether oxygens (including phenoxy) is 1. The van der Waals surface area contributed by atoms with Gasteiger partial charge in [-0.3, -0.25) is 0 Å². The molecule has 1 aromatic rings. The predicted molar refractivity (Wildman–Crippen MR) is 81.7 cm³/mol. The Morgan fingerprint density at radius 2 is 2.00 bits per heavy atom. The number of hydrogen-bond acceptors (Lipinski definition) is 2. The molecule has 0 spiro atoms. The van der Waals surface area contributed by atoms with E-state index in [4.69, 9.17) is 16.3 Å². The van der Waals surface area contributed by atoms with Crippen LogP contribution in [0, 0.1) is 6.92 Å². The first-order valence-electron chi connectivity index (χ1n) is 6.06. The summed E-state index contributed by atoms with van der Waals surface area (Å²) in [5.74, 6) is 0.767. The second kappa shape index (κ2) is 6.27. The maximum Gasteiger partial charge on any atom is 0.141 e. The van der Waals surface area contributed by atoms with Gasteiger partial charge in [-0.1, -0.05) is 27.5 Å². The Hall–Kier alpha value is -0.250. The van der Waals surface area contributed by atoms with E-state index < -0.39 is 0 Å². The SMILES string of the molecule is Cc1cc(Br)cc(Cl)c1OC(C)CNC(C)(C)C. The molecule has 0 aromatic heterocycles. The Balaban J connectivity index is 2.68. The molecule has 0 saturated carbocycles. The van der Waals surface area contributed by atoms with Crippen LogP contribution in [0.5, 0.6) is 5.75 Å². The van der Waals surface area contributed by atoms with E-state index in [0.717, 1.165) is 22.3 Å². The molecule has 0 fully saturated rings. The van der Waals surface area contributed by atoms with Crippen LogP contribution in [0.25, 0.3) is 0 Å². The molecule has 0 amide bonds. The van der Waals surface area contributed by atoms with Gasteiger partial charge in [0, 0.05) is 16.6 Å². The third kappa shape index (κ3) is 5.17. The molecule has 2 nitrogen and oxygen atoms in total. The highest BCUT2D eigenvalue weighted by Crippen LogP contribution is 2.32. The van der Waals surface area contributed by atoms with Crippen LogP contribution >= 0.6 is 27.5 Å². The third-order valence-corrected chi connectivity index (χ3v) is 3.17. The summed E-state index contributed by atoms with van der Waals surface area (Å²) in [7, 11) is 0. The van der Waals surface area contributed by atoms with Gasteiger partial charge < -0.3 is 10.1 Å². The third-order valence-electron chi connectivity index (χ3n) is 2.43. The van der Waals surface area contributed by atoms with Crippen molar-refractivity contribution in [2.45, 2.75) is 46.3 Å². The van der Waals surface area contributed by atoms with Gasteiger partial charge in [0.25, 0.3) is 0 Å². The van der Waals surface area contributed by atoms with E-state index in [9.17, 15) is 0 Å². The lowest BCUT2D eigenvalue weighted by Gasteiger charge is -2.24. The Morgan fingerprint density at radius 1 is 1.39 bits per heavy atom. The minimum absolute atomic E-state index is 0.0709. The van der Waals surface area contributed by atoms with Crippen molar-refractivity contribution in [3.8, 4) is 5.75 Å². The lowest BCUT2D eigenvalue weighted by atomic mass is 10.1. The maximum atomic E-state index is 6.19. The Bertz CT molecular complexity index is 392. The summed E-state index contributed by atoms with van der Waals surface area (Å²) in [5, 5.41) is 4.06. The summed E-state index contributed by atoms with van der Waals surface area (Å²) < 4.78 is 6.88. The number of hydrogen-bond donors (Lipinski definition) is 1. The molecule has 4 heteroatoms. The van der Waals surface area contributed by atoms with E-state index in [1.807, 2.05) is 26.0 Å². The van der Waals surface area contributed by atoms with Gasteiger partial charge in [0.15, 0.2) is 0 Å². The first-order valence-corrected chi connectivity index (χ1v) is 7.23. The van der Waals surface area contributed by atoms with Crippen LogP contribution in [0.4, 0.5) is 0 Å². The largest absolute Gasteiger partial charge is 0.488 e. The molecule has 1 rings (SSSR count). The quantitative estimate of drug-likeness (QED) is 0.871. The number of aryl methyl sites for hydroxylation is 1. The van der Waals surface area contributed by atoms with Crippen molar-refractivity contribution in [1.82, 2.24) is 5.32 Å². The lowest BCUT2D eigenvalue weighted by molar-refractivity contribution is 0.202. The van der Waals surface area contributed by atoms with Crippen LogP contribution in [-0.2, 0) is 0 Å². The van der Waals surface area contributed by atoms with Gasteiger partial charge in [0.05, 0.1) is 5.02 Å². The maximum absolute atomic E-state index is 6.19. The summed E-state index contributed by atoms with van der Waals surface area (Å²) in [5.41, 5.74) is 1.13. The fourth-order valence-electron chi connectivity index (χ4n) is 1.53. The highest BCUT2D eigenvalue weighted by atomic mass is 79.9. The average molecular weight is 335 g/mol. The second-order valence-corrected chi connectivity index (χ2v) is 6.92. The molecule has 0 radical (unpaired) electrons. The summed E-state index contributed by atoms with van der Waals surface area (Å²) in [4.78, 5) is 0. The fraction of sp³-hybridized carbons (Fsp3) is 0.571. The molecule has 0 aliphatic carbocycles. The zero-order valence-electron chi connectivity index (χ0n) is 11.6. The summed E-state index contributed by atoms with van der Waals surface area (Å²) in [6.07, 6.45) is 0.0709. The van der Waals surface area contributed by atoms with Crippen LogP contribution in [-0.4, -0.2) is 18.2 Å². The summed E-state index contributed by atoms with van der Waals surface area (Å²) in [6.45, 7) is 11.2. The first-order chi connectivity index (χ1) is 8.19. The molecule has 0 aliphatic rings. The van der Waals surface area contributed by atoms with Crippen molar-refractivity contribution in [2.24, 2.45) is 0 Å². The molecule has 0 bridgehead atoms. The van der Waals surface area contributed by atoms with Crippen LogP contribution in [0.2, 0.25) is 5.02 Å². The van der Waals surface area contributed by atoms with E-state index >= 15 is 0 Å². The highest BCUT2D eigenvalue weighted by Gasteiger charge is 2.14. The molecule has 18 heavy (non-hydrogen) atoms. The van der Waals surface area contributed by atoms with Gasteiger partial charge >= 0.3 is 0 Å². The van der Waals surface area contributed by atoms with Crippen LogP contribution < -0.4 is 10.1 Å². The van der Waals surface area contributed by atoms with E-state index in [2.05, 4.69) is 42.0 Å². The van der Waals surface area contributed by atoms with Gasteiger partial charge in [0.1, 0.15) is 11.9 Å². The first kappa shape index (κ1) is 15.8. The van der Waals surface area contributed by atoms with Gasteiger partial charge in [0.2, 0.25) is 0 Å². The van der Waals surface area contributed by atoms with Gasteiger partial charge in [-0.25, -0.2) is 0 Å². The van der Waals surface area contributed by atoms with Crippen molar-refractivity contribution in [2.75, 3.05) is 6.54 Å². The van der Waals surface area contributed by atoms with Gasteiger partial charge in [-0.05, 0) is 52.3 Å². The number of benzene rings is 1. The molecular weight excluding hydrogens is 314 g/mol. The van der Waals surface area contributed by atoms with Crippen molar-refractivity contribution in [3.63, 3.8) is 0 Å². The van der Waals surface area contributed by atoms with Gasteiger partial charge in [-0.15, -0.1) is 0 Å². The molecule has 1 N–H and O–H groups in total. The number of halogens is 2. The van der Waals surface area contributed by atoms with Crippen molar-refractivity contribution < 1.29 is 4.74 Å². The zero-order valence-corrected chi connectivity index (χ0v) is 13.9. The van der Waals surface area contributed by atoms with Crippen LogP contribution in [0.15, 0.2) is 16.6 Å². The number of rotatable bonds is 4. The Morgan fingerprint density at radius 3 is 2.50 bits per heavy atom. The van der Waals surface area contributed by atoms with E-state index in [1.54, 1.807) is 0 Å². The minimum Gasteiger partial charge on any atom is -0.488 e. The van der Waals surface area contributed by atoms with Crippen molar-refractivity contribution >= 4 is 27.5 Å². The Kier molecular flexibility index (Phi) is 5.50. The molecule has 0 heterocycles. The summed E-state index contributed by atoms with van der Waals surface area (Å²) in [6, 6.07) is 3.86. The van der Waals surface area contributed by atoms with E-state index in [-0.39, 0.29) is 11.6 Å². The van der Waals surface area contributed by atoms with Crippen LogP contribution in [0.3, 0.4) is 0 Å². The topological polar surface area (TPSA) is 21.3 Å². The van der Waals surface area contributed by atoms with E-state index in [1.165, 1.54) is 0 Å². The number of nitrogens with one attached hydrogen (secondary N) is 1. The molecule has 1 aromatic carbocycles. The minimum atomic E-state index is 0.0709. The average Bonchev–Trinajstić information content (AvgIpc) is 2.19. The molecule has 0 aliphatic heterocycles. The van der Waals surface area contributed by atoms with Crippen LogP contribution in [0.1, 0.15) is 33.3 Å². The molecule has 1 unspecified atom stereocenters. The van der Waals surface area contributed by atoms with E-state index in [0.29, 0.717) is 5.02 Å². The Labute approximate surface area is 123 Å². The second-order valence-electron chi connectivity index (χ2n) is 5.59.